The van der Waals surface area contributed by atoms with Crippen LogP contribution in [0.2, 0.25) is 0 Å². The molecule has 0 aromatic carbocycles. The number of hydrogen-bond acceptors (Lipinski definition) is 4. The molecule has 1 aliphatic rings. The van der Waals surface area contributed by atoms with E-state index in [0.29, 0.717) is 22.8 Å². The summed E-state index contributed by atoms with van der Waals surface area (Å²) < 4.78 is 11.3. The maximum atomic E-state index is 11.9. The van der Waals surface area contributed by atoms with Gasteiger partial charge in [0.05, 0.1) is 17.4 Å². The third kappa shape index (κ3) is 3.30. The zero-order valence-electron chi connectivity index (χ0n) is 11.4. The second kappa shape index (κ2) is 6.09. The summed E-state index contributed by atoms with van der Waals surface area (Å²) in [5.41, 5.74) is 1.24. The molecule has 1 fully saturated rings. The molecule has 6 nitrogen and oxygen atoms in total. The summed E-state index contributed by atoms with van der Waals surface area (Å²) in [6, 6.07) is 5.42. The number of nitrogens with one attached hydrogen (secondary N) is 2. The number of rotatable bonds is 3. The third-order valence-corrected chi connectivity index (χ3v) is 4.64. The van der Waals surface area contributed by atoms with Gasteiger partial charge in [0.25, 0.3) is 5.91 Å². The third-order valence-electron chi connectivity index (χ3n) is 3.37. The minimum absolute atomic E-state index is 0.167. The second-order valence-corrected chi connectivity index (χ2v) is 6.49. The van der Waals surface area contributed by atoms with Gasteiger partial charge in [-0.2, -0.15) is 0 Å². The number of aromatic amines is 1. The van der Waals surface area contributed by atoms with Crippen molar-refractivity contribution in [3.05, 3.63) is 42.4 Å². The molecule has 1 aliphatic heterocycles. The van der Waals surface area contributed by atoms with E-state index in [9.17, 15) is 9.00 Å². The Labute approximate surface area is 125 Å². The van der Waals surface area contributed by atoms with Gasteiger partial charge in [0.15, 0.2) is 0 Å². The smallest absolute Gasteiger partial charge is 0.257 e. The van der Waals surface area contributed by atoms with E-state index < -0.39 is 10.8 Å². The Bertz CT molecular complexity index is 630. The number of pyridine rings is 1. The second-order valence-electron chi connectivity index (χ2n) is 4.79. The van der Waals surface area contributed by atoms with Crippen molar-refractivity contribution in [2.45, 2.75) is 0 Å². The normalized spacial score (nSPS) is 15.9. The Morgan fingerprint density at radius 3 is 2.71 bits per heavy atom. The lowest BCUT2D eigenvalue weighted by molar-refractivity contribution is 0.102. The number of amides is 1. The summed E-state index contributed by atoms with van der Waals surface area (Å²) >= 11 is 0. The number of carbonyl (C=O) groups excluding carboxylic acids is 1. The van der Waals surface area contributed by atoms with Crippen LogP contribution in [-0.4, -0.2) is 44.7 Å². The molecule has 1 amide bonds. The summed E-state index contributed by atoms with van der Waals surface area (Å²) in [5.74, 6) is 2.06. The predicted molar refractivity (Wildman–Crippen MR) is 83.1 cm³/mol. The highest BCUT2D eigenvalue weighted by Crippen LogP contribution is 2.16. The predicted octanol–water partition coefficient (Wildman–Crippen LogP) is 1.23. The van der Waals surface area contributed by atoms with E-state index >= 15 is 0 Å². The van der Waals surface area contributed by atoms with Crippen LogP contribution in [0.5, 0.6) is 0 Å². The Morgan fingerprint density at radius 1 is 1.29 bits per heavy atom. The molecule has 3 rings (SSSR count). The first kappa shape index (κ1) is 13.8. The number of anilines is 2. The van der Waals surface area contributed by atoms with Crippen LogP contribution >= 0.6 is 0 Å². The van der Waals surface area contributed by atoms with Crippen molar-refractivity contribution in [1.82, 2.24) is 9.97 Å². The van der Waals surface area contributed by atoms with Gasteiger partial charge in [0.1, 0.15) is 5.82 Å². The number of carbonyl (C=O) groups is 1. The SMILES string of the molecule is O=C(Nc1ccc(N2CCS(=O)CC2)nc1)c1cc[nH]c1. The summed E-state index contributed by atoms with van der Waals surface area (Å²) in [6.07, 6.45) is 4.99. The summed E-state index contributed by atoms with van der Waals surface area (Å²) in [5, 5.41) is 2.79. The highest BCUT2D eigenvalue weighted by atomic mass is 32.2. The summed E-state index contributed by atoms with van der Waals surface area (Å²) in [7, 11) is -0.694. The minimum atomic E-state index is -0.694. The molecule has 2 aromatic heterocycles. The van der Waals surface area contributed by atoms with Crippen LogP contribution in [0.4, 0.5) is 11.5 Å². The monoisotopic (exact) mass is 304 g/mol. The van der Waals surface area contributed by atoms with Crippen LogP contribution in [0.25, 0.3) is 0 Å². The molecule has 0 radical (unpaired) electrons. The Balaban J connectivity index is 1.64. The lowest BCUT2D eigenvalue weighted by atomic mass is 10.3. The van der Waals surface area contributed by atoms with Gasteiger partial charge in [-0.15, -0.1) is 0 Å². The first-order chi connectivity index (χ1) is 10.2. The van der Waals surface area contributed by atoms with Crippen LogP contribution in [-0.2, 0) is 10.8 Å². The van der Waals surface area contributed by atoms with Crippen molar-refractivity contribution in [2.75, 3.05) is 34.8 Å². The van der Waals surface area contributed by atoms with Gasteiger partial charge >= 0.3 is 0 Å². The van der Waals surface area contributed by atoms with Crippen molar-refractivity contribution in [3.63, 3.8) is 0 Å². The number of hydrogen-bond donors (Lipinski definition) is 2. The summed E-state index contributed by atoms with van der Waals surface area (Å²) in [6.45, 7) is 1.52. The first-order valence-electron chi connectivity index (χ1n) is 6.72. The minimum Gasteiger partial charge on any atom is -0.367 e. The van der Waals surface area contributed by atoms with E-state index in [1.165, 1.54) is 0 Å². The van der Waals surface area contributed by atoms with Gasteiger partial charge in [-0.3, -0.25) is 9.00 Å². The average Bonchev–Trinajstić information content (AvgIpc) is 3.03. The molecule has 1 saturated heterocycles. The fourth-order valence-electron chi connectivity index (χ4n) is 2.18. The number of aromatic nitrogens is 2. The van der Waals surface area contributed by atoms with E-state index in [0.717, 1.165) is 18.9 Å². The summed E-state index contributed by atoms with van der Waals surface area (Å²) in [4.78, 5) is 21.2. The lowest BCUT2D eigenvalue weighted by Gasteiger charge is -2.27. The van der Waals surface area contributed by atoms with Gasteiger partial charge in [-0.05, 0) is 18.2 Å². The van der Waals surface area contributed by atoms with E-state index in [2.05, 4.69) is 20.2 Å². The Kier molecular flexibility index (Phi) is 4.01. The largest absolute Gasteiger partial charge is 0.367 e. The van der Waals surface area contributed by atoms with Crippen molar-refractivity contribution in [2.24, 2.45) is 0 Å². The lowest BCUT2D eigenvalue weighted by Crippen LogP contribution is -2.38. The topological polar surface area (TPSA) is 78.1 Å². The highest BCUT2D eigenvalue weighted by molar-refractivity contribution is 7.85. The Hall–Kier alpha value is -2.15. The zero-order chi connectivity index (χ0) is 14.7. The molecular formula is C14H16N4O2S. The number of nitrogens with zero attached hydrogens (tertiary/aromatic N) is 2. The van der Waals surface area contributed by atoms with Gasteiger partial charge < -0.3 is 15.2 Å². The maximum absolute atomic E-state index is 11.9. The molecule has 0 aliphatic carbocycles. The molecule has 0 saturated carbocycles. The van der Waals surface area contributed by atoms with Crippen LogP contribution in [0, 0.1) is 0 Å². The standard InChI is InChI=1S/C14H16N4O2S/c19-14(11-3-4-15-9-11)17-12-1-2-13(16-10-12)18-5-7-21(20)8-6-18/h1-4,9-10,15H,5-8H2,(H,17,19). The molecule has 0 atom stereocenters. The van der Waals surface area contributed by atoms with Gasteiger partial charge in [0.2, 0.25) is 0 Å². The fourth-order valence-corrected chi connectivity index (χ4v) is 3.23. The zero-order valence-corrected chi connectivity index (χ0v) is 12.2. The maximum Gasteiger partial charge on any atom is 0.257 e. The molecule has 0 spiro atoms. The van der Waals surface area contributed by atoms with E-state index in [-0.39, 0.29) is 5.91 Å². The van der Waals surface area contributed by atoms with Crippen molar-refractivity contribution in [1.29, 1.82) is 0 Å². The van der Waals surface area contributed by atoms with E-state index in [1.807, 2.05) is 12.1 Å². The highest BCUT2D eigenvalue weighted by Gasteiger charge is 2.16. The molecule has 2 N–H and O–H groups in total. The molecule has 110 valence electrons. The van der Waals surface area contributed by atoms with Crippen LogP contribution in [0.1, 0.15) is 10.4 Å². The number of H-pyrrole nitrogens is 1. The molecule has 0 unspecified atom stereocenters. The molecule has 0 bridgehead atoms. The fraction of sp³-hybridized carbons (Fsp3) is 0.286. The molecule has 21 heavy (non-hydrogen) atoms. The molecule has 7 heteroatoms. The van der Waals surface area contributed by atoms with Crippen LogP contribution < -0.4 is 10.2 Å². The molecule has 3 heterocycles. The van der Waals surface area contributed by atoms with Crippen LogP contribution in [0.3, 0.4) is 0 Å². The van der Waals surface area contributed by atoms with E-state index in [4.69, 9.17) is 0 Å². The van der Waals surface area contributed by atoms with Crippen LogP contribution in [0.15, 0.2) is 36.8 Å². The van der Waals surface area contributed by atoms with E-state index in [1.54, 1.807) is 24.7 Å². The van der Waals surface area contributed by atoms with Gasteiger partial charge in [-0.25, -0.2) is 4.98 Å². The average molecular weight is 304 g/mol. The van der Waals surface area contributed by atoms with Crippen molar-refractivity contribution in [3.8, 4) is 0 Å². The Morgan fingerprint density at radius 2 is 2.10 bits per heavy atom. The molecule has 2 aromatic rings. The quantitative estimate of drug-likeness (QED) is 0.894. The van der Waals surface area contributed by atoms with Crippen molar-refractivity contribution >= 4 is 28.2 Å². The van der Waals surface area contributed by atoms with Crippen molar-refractivity contribution < 1.29 is 9.00 Å². The first-order valence-corrected chi connectivity index (χ1v) is 8.21. The van der Waals surface area contributed by atoms with Gasteiger partial charge in [-0.1, -0.05) is 0 Å². The molecular weight excluding hydrogens is 288 g/mol. The van der Waals surface area contributed by atoms with Gasteiger partial charge in [0, 0.05) is 47.8 Å².